The summed E-state index contributed by atoms with van der Waals surface area (Å²) >= 11 is 6.24. The van der Waals surface area contributed by atoms with Gasteiger partial charge >= 0.3 is 0 Å². The predicted molar refractivity (Wildman–Crippen MR) is 138 cm³/mol. The van der Waals surface area contributed by atoms with Gasteiger partial charge in [-0.05, 0) is 42.8 Å². The summed E-state index contributed by atoms with van der Waals surface area (Å²) in [5.74, 6) is 1.55. The van der Waals surface area contributed by atoms with E-state index in [0.29, 0.717) is 46.0 Å². The number of rotatable bonds is 7. The number of benzene rings is 3. The van der Waals surface area contributed by atoms with E-state index in [9.17, 15) is 4.79 Å². The Kier molecular flexibility index (Phi) is 6.60. The number of nitrogens with zero attached hydrogens (tertiary/aromatic N) is 3. The summed E-state index contributed by atoms with van der Waals surface area (Å²) in [6, 6.07) is 22.0. The number of para-hydroxylation sites is 2. The van der Waals surface area contributed by atoms with Crippen molar-refractivity contribution in [1.29, 1.82) is 0 Å². The lowest BCUT2D eigenvalue weighted by atomic mass is 9.95. The van der Waals surface area contributed by atoms with Gasteiger partial charge in [-0.3, -0.25) is 4.79 Å². The number of amides is 1. The molecule has 182 valence electrons. The van der Waals surface area contributed by atoms with Crippen molar-refractivity contribution in [3.8, 4) is 11.5 Å². The van der Waals surface area contributed by atoms with Gasteiger partial charge in [0.2, 0.25) is 5.95 Å². The summed E-state index contributed by atoms with van der Waals surface area (Å²) in [4.78, 5) is 17.9. The van der Waals surface area contributed by atoms with Crippen LogP contribution in [0, 0.1) is 0 Å². The molecule has 3 aromatic carbocycles. The van der Waals surface area contributed by atoms with Gasteiger partial charge in [0, 0.05) is 16.3 Å². The molecule has 9 heteroatoms. The van der Waals surface area contributed by atoms with Crippen LogP contribution in [0.4, 0.5) is 11.6 Å². The smallest absolute Gasteiger partial charge is 0.255 e. The fraction of sp³-hybridized carbons (Fsp3) is 0.148. The molecule has 1 atom stereocenters. The third kappa shape index (κ3) is 4.63. The number of anilines is 2. The zero-order valence-electron chi connectivity index (χ0n) is 19.7. The van der Waals surface area contributed by atoms with E-state index in [1.165, 1.54) is 6.33 Å². The second-order valence-corrected chi connectivity index (χ2v) is 8.61. The van der Waals surface area contributed by atoms with Crippen LogP contribution < -0.4 is 20.1 Å². The third-order valence-electron chi connectivity index (χ3n) is 5.94. The molecule has 0 unspecified atom stereocenters. The van der Waals surface area contributed by atoms with Crippen LogP contribution in [0.1, 0.15) is 24.1 Å². The summed E-state index contributed by atoms with van der Waals surface area (Å²) in [7, 11) is 1.57. The van der Waals surface area contributed by atoms with E-state index in [0.717, 1.165) is 11.1 Å². The molecule has 8 nitrogen and oxygen atoms in total. The lowest BCUT2D eigenvalue weighted by Crippen LogP contribution is -2.31. The second kappa shape index (κ2) is 10.1. The Morgan fingerprint density at radius 3 is 2.61 bits per heavy atom. The Balaban J connectivity index is 1.42. The molecule has 2 N–H and O–H groups in total. The number of carbonyl (C=O) groups excluding carboxylic acids is 1. The van der Waals surface area contributed by atoms with Crippen molar-refractivity contribution in [2.45, 2.75) is 19.6 Å². The molecule has 0 saturated carbocycles. The molecule has 1 aliphatic rings. The molecule has 2 heterocycles. The largest absolute Gasteiger partial charge is 0.495 e. The summed E-state index contributed by atoms with van der Waals surface area (Å²) in [6.07, 6.45) is 1.46. The van der Waals surface area contributed by atoms with Crippen LogP contribution >= 0.6 is 11.6 Å². The predicted octanol–water partition coefficient (Wildman–Crippen LogP) is 5.45. The minimum absolute atomic E-state index is 0.269. The van der Waals surface area contributed by atoms with Crippen molar-refractivity contribution >= 4 is 29.1 Å². The molecule has 1 aromatic heterocycles. The van der Waals surface area contributed by atoms with Crippen LogP contribution in [0.25, 0.3) is 0 Å². The lowest BCUT2D eigenvalue weighted by Gasteiger charge is -2.29. The number of nitrogens with one attached hydrogen (secondary N) is 2. The van der Waals surface area contributed by atoms with Gasteiger partial charge in [-0.1, -0.05) is 54.1 Å². The molecule has 0 saturated heterocycles. The molecule has 5 rings (SSSR count). The first-order valence-electron chi connectivity index (χ1n) is 11.3. The molecular formula is C27H24ClN5O3. The molecule has 0 radical (unpaired) electrons. The SMILES string of the molecule is COc1ccccc1NC(=O)C1=C(C)Nc2ncnn2[C@H]1c1ccc(OCc2ccccc2Cl)cc1. The van der Waals surface area contributed by atoms with Gasteiger partial charge in [0.1, 0.15) is 30.5 Å². The Morgan fingerprint density at radius 1 is 1.08 bits per heavy atom. The maximum absolute atomic E-state index is 13.6. The number of fused-ring (bicyclic) bond motifs is 1. The zero-order valence-corrected chi connectivity index (χ0v) is 20.5. The van der Waals surface area contributed by atoms with Crippen molar-refractivity contribution in [2.75, 3.05) is 17.7 Å². The summed E-state index contributed by atoms with van der Waals surface area (Å²) in [5, 5.41) is 11.2. The topological polar surface area (TPSA) is 90.3 Å². The van der Waals surface area contributed by atoms with E-state index >= 15 is 0 Å². The fourth-order valence-electron chi connectivity index (χ4n) is 4.15. The lowest BCUT2D eigenvalue weighted by molar-refractivity contribution is -0.113. The highest BCUT2D eigenvalue weighted by molar-refractivity contribution is 6.31. The van der Waals surface area contributed by atoms with Crippen molar-refractivity contribution in [2.24, 2.45) is 0 Å². The van der Waals surface area contributed by atoms with Gasteiger partial charge in [0.15, 0.2) is 0 Å². The number of aromatic nitrogens is 3. The first-order chi connectivity index (χ1) is 17.5. The number of halogens is 1. The van der Waals surface area contributed by atoms with Crippen LogP contribution in [0.3, 0.4) is 0 Å². The standard InChI is InChI=1S/C27H24ClN5O3/c1-17-24(26(34)32-22-9-5-6-10-23(22)35-2)25(33-27(31-17)29-16-30-33)18-11-13-20(14-12-18)36-15-19-7-3-4-8-21(19)28/h3-14,16,25H,15H2,1-2H3,(H,32,34)(H,29,30,31)/t25-/m0/s1. The molecule has 4 aromatic rings. The number of methoxy groups -OCH3 is 1. The van der Waals surface area contributed by atoms with E-state index in [-0.39, 0.29) is 5.91 Å². The quantitative estimate of drug-likeness (QED) is 0.350. The van der Waals surface area contributed by atoms with E-state index in [1.807, 2.05) is 67.6 Å². The number of ether oxygens (including phenoxy) is 2. The van der Waals surface area contributed by atoms with Crippen LogP contribution in [0.2, 0.25) is 5.02 Å². The van der Waals surface area contributed by atoms with Gasteiger partial charge in [-0.2, -0.15) is 10.1 Å². The van der Waals surface area contributed by atoms with E-state index in [1.54, 1.807) is 23.9 Å². The van der Waals surface area contributed by atoms with E-state index in [2.05, 4.69) is 20.7 Å². The van der Waals surface area contributed by atoms with E-state index < -0.39 is 6.04 Å². The van der Waals surface area contributed by atoms with Crippen molar-refractivity contribution in [3.63, 3.8) is 0 Å². The monoisotopic (exact) mass is 501 g/mol. The molecular weight excluding hydrogens is 478 g/mol. The first-order valence-corrected chi connectivity index (χ1v) is 11.7. The maximum atomic E-state index is 13.6. The normalized spacial score (nSPS) is 14.6. The van der Waals surface area contributed by atoms with Crippen LogP contribution in [0.5, 0.6) is 11.5 Å². The van der Waals surface area contributed by atoms with E-state index in [4.69, 9.17) is 21.1 Å². The average molecular weight is 502 g/mol. The van der Waals surface area contributed by atoms with Gasteiger partial charge < -0.3 is 20.1 Å². The van der Waals surface area contributed by atoms with Crippen molar-refractivity contribution in [3.05, 3.63) is 107 Å². The van der Waals surface area contributed by atoms with Gasteiger partial charge in [0.05, 0.1) is 18.4 Å². The first kappa shape index (κ1) is 23.4. The summed E-state index contributed by atoms with van der Waals surface area (Å²) in [6.45, 7) is 2.20. The summed E-state index contributed by atoms with van der Waals surface area (Å²) in [5.41, 5.74) is 3.55. The van der Waals surface area contributed by atoms with Gasteiger partial charge in [0.25, 0.3) is 5.91 Å². The fourth-order valence-corrected chi connectivity index (χ4v) is 4.34. The Morgan fingerprint density at radius 2 is 1.83 bits per heavy atom. The molecule has 1 aliphatic heterocycles. The highest BCUT2D eigenvalue weighted by Gasteiger charge is 2.33. The Hall–Kier alpha value is -4.30. The minimum Gasteiger partial charge on any atom is -0.495 e. The average Bonchev–Trinajstić information content (AvgIpc) is 3.36. The highest BCUT2D eigenvalue weighted by Crippen LogP contribution is 2.36. The third-order valence-corrected chi connectivity index (χ3v) is 6.31. The number of hydrogen-bond acceptors (Lipinski definition) is 6. The number of allylic oxidation sites excluding steroid dienone is 1. The zero-order chi connectivity index (χ0) is 25.1. The highest BCUT2D eigenvalue weighted by atomic mass is 35.5. The Bertz CT molecular complexity index is 1430. The molecule has 1 amide bonds. The molecule has 0 fully saturated rings. The van der Waals surface area contributed by atoms with Crippen LogP contribution in [0.15, 0.2) is 90.4 Å². The van der Waals surface area contributed by atoms with Crippen molar-refractivity contribution in [1.82, 2.24) is 14.8 Å². The van der Waals surface area contributed by atoms with Crippen LogP contribution in [-0.2, 0) is 11.4 Å². The van der Waals surface area contributed by atoms with Crippen molar-refractivity contribution < 1.29 is 14.3 Å². The molecule has 0 aliphatic carbocycles. The minimum atomic E-state index is -0.490. The second-order valence-electron chi connectivity index (χ2n) is 8.20. The van der Waals surface area contributed by atoms with Gasteiger partial charge in [-0.25, -0.2) is 4.68 Å². The number of carbonyl (C=O) groups is 1. The van der Waals surface area contributed by atoms with Crippen LogP contribution in [-0.4, -0.2) is 27.8 Å². The summed E-state index contributed by atoms with van der Waals surface area (Å²) < 4.78 is 13.0. The molecule has 0 spiro atoms. The maximum Gasteiger partial charge on any atom is 0.255 e. The Labute approximate surface area is 213 Å². The van der Waals surface area contributed by atoms with Gasteiger partial charge in [-0.15, -0.1) is 0 Å². The number of hydrogen-bond donors (Lipinski definition) is 2. The molecule has 36 heavy (non-hydrogen) atoms. The molecule has 0 bridgehead atoms.